The van der Waals surface area contributed by atoms with E-state index in [1.165, 1.54) is 12.4 Å². The number of carbonyl (C=O) groups excluding carboxylic acids is 1. The van der Waals surface area contributed by atoms with Gasteiger partial charge in [-0.25, -0.2) is 23.8 Å². The van der Waals surface area contributed by atoms with Gasteiger partial charge in [0.1, 0.15) is 18.0 Å². The molecule has 0 saturated carbocycles. The van der Waals surface area contributed by atoms with E-state index >= 15 is 0 Å². The molecule has 2 aromatic heterocycles. The first kappa shape index (κ1) is 17.9. The highest BCUT2D eigenvalue weighted by Crippen LogP contribution is 2.17. The number of halogens is 1. The lowest BCUT2D eigenvalue weighted by molar-refractivity contribution is 0.208. The second-order valence-electron chi connectivity index (χ2n) is 6.52. The van der Waals surface area contributed by atoms with Crippen LogP contribution in [0, 0.1) is 12.7 Å². The Bertz CT molecular complexity index is 982. The number of aryl methyl sites for hydroxylation is 1. The largest absolute Gasteiger partial charge is 0.353 e. The molecule has 28 heavy (non-hydrogen) atoms. The van der Waals surface area contributed by atoms with E-state index in [2.05, 4.69) is 25.3 Å². The Balaban J connectivity index is 1.39. The zero-order chi connectivity index (χ0) is 19.5. The number of amides is 2. The number of aromatic nitrogens is 4. The van der Waals surface area contributed by atoms with Crippen LogP contribution in [0.4, 0.5) is 20.7 Å². The summed E-state index contributed by atoms with van der Waals surface area (Å²) in [6.07, 6.45) is 3.37. The second-order valence-corrected chi connectivity index (χ2v) is 6.52. The minimum atomic E-state index is -0.447. The van der Waals surface area contributed by atoms with E-state index < -0.39 is 5.82 Å². The van der Waals surface area contributed by atoms with Crippen molar-refractivity contribution in [2.45, 2.75) is 6.92 Å². The van der Waals surface area contributed by atoms with E-state index in [-0.39, 0.29) is 11.7 Å². The standard InChI is InChI=1S/C19H20FN7O/c1-14-6-7-27(24-14)18-12-17(21-13-22-18)25-8-10-26(11-9-25)19(28)23-16-5-3-2-4-15(16)20/h2-7,12-13H,8-11H2,1H3,(H,23,28). The van der Waals surface area contributed by atoms with E-state index in [0.717, 1.165) is 11.5 Å². The molecule has 1 aromatic carbocycles. The van der Waals surface area contributed by atoms with Crippen LogP contribution in [0.1, 0.15) is 5.69 Å². The van der Waals surface area contributed by atoms with Gasteiger partial charge in [0.15, 0.2) is 5.82 Å². The molecule has 3 aromatic rings. The third kappa shape index (κ3) is 3.78. The molecule has 0 unspecified atom stereocenters. The van der Waals surface area contributed by atoms with Crippen LogP contribution in [0.2, 0.25) is 0 Å². The summed E-state index contributed by atoms with van der Waals surface area (Å²) >= 11 is 0. The molecule has 0 aliphatic carbocycles. The molecular formula is C19H20FN7O. The van der Waals surface area contributed by atoms with Gasteiger partial charge in [-0.05, 0) is 25.1 Å². The predicted octanol–water partition coefficient (Wildman–Crippen LogP) is 2.46. The van der Waals surface area contributed by atoms with E-state index in [4.69, 9.17) is 0 Å². The van der Waals surface area contributed by atoms with Gasteiger partial charge in [-0.15, -0.1) is 0 Å². The number of nitrogens with zero attached hydrogens (tertiary/aromatic N) is 6. The number of hydrogen-bond acceptors (Lipinski definition) is 5. The highest BCUT2D eigenvalue weighted by molar-refractivity contribution is 5.89. The molecule has 1 aliphatic heterocycles. The van der Waals surface area contributed by atoms with Crippen molar-refractivity contribution in [2.24, 2.45) is 0 Å². The molecule has 144 valence electrons. The maximum atomic E-state index is 13.7. The molecule has 0 radical (unpaired) electrons. The van der Waals surface area contributed by atoms with E-state index in [1.54, 1.807) is 27.8 Å². The van der Waals surface area contributed by atoms with Crippen molar-refractivity contribution >= 4 is 17.5 Å². The molecule has 0 atom stereocenters. The number of para-hydroxylation sites is 1. The number of urea groups is 1. The van der Waals surface area contributed by atoms with Gasteiger partial charge in [0.05, 0.1) is 11.4 Å². The Hall–Kier alpha value is -3.49. The van der Waals surface area contributed by atoms with Crippen LogP contribution in [0.3, 0.4) is 0 Å². The van der Waals surface area contributed by atoms with Gasteiger partial charge in [-0.1, -0.05) is 12.1 Å². The minimum absolute atomic E-state index is 0.185. The zero-order valence-electron chi connectivity index (χ0n) is 15.4. The summed E-state index contributed by atoms with van der Waals surface area (Å²) in [6, 6.07) is 9.62. The third-order valence-corrected chi connectivity index (χ3v) is 4.60. The lowest BCUT2D eigenvalue weighted by Gasteiger charge is -2.35. The van der Waals surface area contributed by atoms with Crippen LogP contribution < -0.4 is 10.2 Å². The van der Waals surface area contributed by atoms with Crippen molar-refractivity contribution in [3.8, 4) is 5.82 Å². The van der Waals surface area contributed by atoms with Gasteiger partial charge < -0.3 is 15.1 Å². The quantitative estimate of drug-likeness (QED) is 0.754. The van der Waals surface area contributed by atoms with Gasteiger partial charge >= 0.3 is 6.03 Å². The Kier molecular flexibility index (Phi) is 4.88. The van der Waals surface area contributed by atoms with Crippen molar-refractivity contribution in [1.29, 1.82) is 0 Å². The molecule has 0 spiro atoms. The fraction of sp³-hybridized carbons (Fsp3) is 0.263. The summed E-state index contributed by atoms with van der Waals surface area (Å²) in [4.78, 5) is 24.8. The van der Waals surface area contributed by atoms with E-state index in [0.29, 0.717) is 32.0 Å². The molecular weight excluding hydrogens is 361 g/mol. The van der Waals surface area contributed by atoms with Crippen LogP contribution in [-0.4, -0.2) is 56.9 Å². The Morgan fingerprint density at radius 2 is 1.82 bits per heavy atom. The topological polar surface area (TPSA) is 79.2 Å². The number of hydrogen-bond donors (Lipinski definition) is 1. The predicted molar refractivity (Wildman–Crippen MR) is 103 cm³/mol. The zero-order valence-corrected chi connectivity index (χ0v) is 15.4. The van der Waals surface area contributed by atoms with Gasteiger partial charge in [0.25, 0.3) is 0 Å². The SMILES string of the molecule is Cc1ccn(-c2cc(N3CCN(C(=O)Nc4ccccc4F)CC3)ncn2)n1. The number of benzene rings is 1. The van der Waals surface area contributed by atoms with Crippen molar-refractivity contribution in [1.82, 2.24) is 24.6 Å². The first-order chi connectivity index (χ1) is 13.6. The number of rotatable bonds is 3. The van der Waals surface area contributed by atoms with Gasteiger partial charge in [0, 0.05) is 38.4 Å². The summed E-state index contributed by atoms with van der Waals surface area (Å²) in [6.45, 7) is 4.20. The highest BCUT2D eigenvalue weighted by Gasteiger charge is 2.23. The first-order valence-electron chi connectivity index (χ1n) is 9.00. The number of nitrogens with one attached hydrogen (secondary N) is 1. The number of anilines is 2. The average Bonchev–Trinajstić information content (AvgIpc) is 3.16. The first-order valence-corrected chi connectivity index (χ1v) is 9.00. The lowest BCUT2D eigenvalue weighted by Crippen LogP contribution is -2.50. The number of carbonyl (C=O) groups is 1. The summed E-state index contributed by atoms with van der Waals surface area (Å²) in [5.74, 6) is 1.03. The van der Waals surface area contributed by atoms with Crippen molar-refractivity contribution < 1.29 is 9.18 Å². The van der Waals surface area contributed by atoms with Crippen molar-refractivity contribution in [3.05, 3.63) is 60.4 Å². The Morgan fingerprint density at radius 1 is 1.07 bits per heavy atom. The lowest BCUT2D eigenvalue weighted by atomic mass is 10.3. The molecule has 8 nitrogen and oxygen atoms in total. The van der Waals surface area contributed by atoms with Crippen LogP contribution >= 0.6 is 0 Å². The van der Waals surface area contributed by atoms with Crippen LogP contribution in [0.5, 0.6) is 0 Å². The molecule has 1 aliphatic rings. The van der Waals surface area contributed by atoms with Gasteiger partial charge in [-0.2, -0.15) is 5.10 Å². The van der Waals surface area contributed by atoms with E-state index in [1.807, 2.05) is 25.3 Å². The third-order valence-electron chi connectivity index (χ3n) is 4.60. The van der Waals surface area contributed by atoms with Crippen LogP contribution in [-0.2, 0) is 0 Å². The van der Waals surface area contributed by atoms with Gasteiger partial charge in [-0.3, -0.25) is 0 Å². The average molecular weight is 381 g/mol. The summed E-state index contributed by atoms with van der Waals surface area (Å²) in [5.41, 5.74) is 1.10. The summed E-state index contributed by atoms with van der Waals surface area (Å²) in [7, 11) is 0. The van der Waals surface area contributed by atoms with Crippen LogP contribution in [0.25, 0.3) is 5.82 Å². The van der Waals surface area contributed by atoms with E-state index in [9.17, 15) is 9.18 Å². The summed E-state index contributed by atoms with van der Waals surface area (Å²) in [5, 5.41) is 6.99. The molecule has 1 N–H and O–H groups in total. The van der Waals surface area contributed by atoms with Gasteiger partial charge in [0.2, 0.25) is 0 Å². The minimum Gasteiger partial charge on any atom is -0.353 e. The molecule has 9 heteroatoms. The maximum absolute atomic E-state index is 13.7. The summed E-state index contributed by atoms with van der Waals surface area (Å²) < 4.78 is 15.4. The normalized spacial score (nSPS) is 14.2. The van der Waals surface area contributed by atoms with Crippen molar-refractivity contribution in [2.75, 3.05) is 36.4 Å². The fourth-order valence-corrected chi connectivity index (χ4v) is 3.07. The fourth-order valence-electron chi connectivity index (χ4n) is 3.07. The molecule has 1 fully saturated rings. The van der Waals surface area contributed by atoms with Crippen LogP contribution in [0.15, 0.2) is 48.9 Å². The molecule has 0 bridgehead atoms. The van der Waals surface area contributed by atoms with Crippen molar-refractivity contribution in [3.63, 3.8) is 0 Å². The maximum Gasteiger partial charge on any atom is 0.322 e. The highest BCUT2D eigenvalue weighted by atomic mass is 19.1. The Labute approximate surface area is 161 Å². The molecule has 4 rings (SSSR count). The molecule has 1 saturated heterocycles. The molecule has 2 amide bonds. The monoisotopic (exact) mass is 381 g/mol. The number of piperazine rings is 1. The smallest absolute Gasteiger partial charge is 0.322 e. The second kappa shape index (κ2) is 7.63. The Morgan fingerprint density at radius 3 is 2.54 bits per heavy atom. The molecule has 3 heterocycles.